The quantitative estimate of drug-likeness (QED) is 0.319. The topological polar surface area (TPSA) is 0 Å². The maximum absolute atomic E-state index is 7.01. The van der Waals surface area contributed by atoms with E-state index in [1.165, 1.54) is 18.5 Å². The molecule has 0 fully saturated rings. The molecule has 19 heavy (non-hydrogen) atoms. The van der Waals surface area contributed by atoms with Crippen molar-refractivity contribution in [2.75, 3.05) is 0 Å². The third kappa shape index (κ3) is 5.05. The van der Waals surface area contributed by atoms with E-state index in [2.05, 4.69) is 55.4 Å². The molecule has 0 saturated carbocycles. The molecule has 0 aromatic carbocycles. The highest BCUT2D eigenvalue weighted by Crippen LogP contribution is 2.44. The Bertz CT molecular complexity index is 221. The Morgan fingerprint density at radius 2 is 0.789 bits per heavy atom. The molecule has 0 rings (SSSR count). The van der Waals surface area contributed by atoms with Crippen LogP contribution in [0.25, 0.3) is 0 Å². The molecule has 0 aromatic rings. The van der Waals surface area contributed by atoms with Crippen LogP contribution in [0, 0.1) is 0 Å². The van der Waals surface area contributed by atoms with Crippen LogP contribution in [0.3, 0.4) is 0 Å². The van der Waals surface area contributed by atoms with Gasteiger partial charge in [0, 0.05) is 0 Å². The molecule has 0 bridgehead atoms. The van der Waals surface area contributed by atoms with Gasteiger partial charge in [-0.15, -0.1) is 0 Å². The summed E-state index contributed by atoms with van der Waals surface area (Å²) >= 11 is 14.0. The lowest BCUT2D eigenvalue weighted by atomic mass is 10.5. The van der Waals surface area contributed by atoms with Crippen LogP contribution in [-0.2, 0) is 0 Å². The summed E-state index contributed by atoms with van der Waals surface area (Å²) in [6, 6.07) is 2.45. The fourth-order valence-corrected chi connectivity index (χ4v) is 10.7. The van der Waals surface area contributed by atoms with Crippen molar-refractivity contribution >= 4 is 36.9 Å². The fourth-order valence-electron chi connectivity index (χ4n) is 3.12. The van der Waals surface area contributed by atoms with Gasteiger partial charge in [-0.05, 0) is 34.3 Å². The zero-order valence-electron chi connectivity index (χ0n) is 14.2. The molecule has 116 valence electrons. The van der Waals surface area contributed by atoms with E-state index in [0.717, 1.165) is 0 Å². The van der Waals surface area contributed by atoms with E-state index in [4.69, 9.17) is 22.2 Å². The van der Waals surface area contributed by atoms with Crippen LogP contribution in [0.5, 0.6) is 0 Å². The van der Waals surface area contributed by atoms with Gasteiger partial charge in [0.15, 0.2) is 14.8 Å². The Balaban J connectivity index is 4.65. The van der Waals surface area contributed by atoms with E-state index in [1.807, 2.05) is 0 Å². The second kappa shape index (κ2) is 7.86. The van der Waals surface area contributed by atoms with Gasteiger partial charge >= 0.3 is 0 Å². The minimum absolute atomic E-state index is 0.652. The van der Waals surface area contributed by atoms with Gasteiger partial charge in [0.05, 0.1) is 0 Å². The SMILES string of the molecule is CC(C)[Si](Cl)(CCC[Si](Cl)(C(C)C)C(C)C)C(C)C. The van der Waals surface area contributed by atoms with Gasteiger partial charge in [0.1, 0.15) is 0 Å². The Morgan fingerprint density at radius 3 is 0.947 bits per heavy atom. The van der Waals surface area contributed by atoms with Crippen molar-refractivity contribution in [3.63, 3.8) is 0 Å². The number of rotatable bonds is 8. The van der Waals surface area contributed by atoms with E-state index in [-0.39, 0.29) is 0 Å². The summed E-state index contributed by atoms with van der Waals surface area (Å²) in [6.07, 6.45) is 1.23. The molecule has 0 atom stereocenters. The van der Waals surface area contributed by atoms with Gasteiger partial charge in [-0.3, -0.25) is 0 Å². The molecule has 0 unspecified atom stereocenters. The summed E-state index contributed by atoms with van der Waals surface area (Å²) in [6.45, 7) is 18.4. The van der Waals surface area contributed by atoms with Crippen LogP contribution in [0.1, 0.15) is 61.8 Å². The summed E-state index contributed by atoms with van der Waals surface area (Å²) < 4.78 is 0. The molecule has 0 heterocycles. The minimum Gasteiger partial charge on any atom is -0.166 e. The molecule has 0 saturated heterocycles. The maximum Gasteiger partial charge on any atom is 0.161 e. The molecule has 0 aromatic heterocycles. The number of halogens is 2. The molecule has 0 aliphatic rings. The summed E-state index contributed by atoms with van der Waals surface area (Å²) in [7, 11) is -3.28. The van der Waals surface area contributed by atoms with Gasteiger partial charge in [0.25, 0.3) is 0 Å². The number of hydrogen-bond acceptors (Lipinski definition) is 0. The average Bonchev–Trinajstić information content (AvgIpc) is 2.27. The molecule has 0 aliphatic carbocycles. The second-order valence-corrected chi connectivity index (χ2v) is 20.9. The van der Waals surface area contributed by atoms with Crippen LogP contribution >= 0.6 is 22.2 Å². The lowest BCUT2D eigenvalue weighted by Crippen LogP contribution is -2.37. The summed E-state index contributed by atoms with van der Waals surface area (Å²) in [5.41, 5.74) is 2.61. The summed E-state index contributed by atoms with van der Waals surface area (Å²) in [4.78, 5) is 0. The fraction of sp³-hybridized carbons (Fsp3) is 1.00. The van der Waals surface area contributed by atoms with Crippen molar-refractivity contribution in [2.24, 2.45) is 0 Å². The Kier molecular flexibility index (Phi) is 8.28. The molecular weight excluding hydrogens is 307 g/mol. The standard InChI is InChI=1S/C15H34Cl2Si2/c1-12(2)18(16,13(3)4)10-9-11-19(17,14(5)6)15(7)8/h12-15H,9-11H2,1-8H3. The molecule has 0 spiro atoms. The lowest BCUT2D eigenvalue weighted by Gasteiger charge is -2.36. The zero-order chi connectivity index (χ0) is 15.4. The molecule has 0 N–H and O–H groups in total. The third-order valence-electron chi connectivity index (χ3n) is 4.96. The predicted molar refractivity (Wildman–Crippen MR) is 97.8 cm³/mol. The van der Waals surface area contributed by atoms with E-state index in [1.54, 1.807) is 0 Å². The largest absolute Gasteiger partial charge is 0.166 e. The van der Waals surface area contributed by atoms with Crippen molar-refractivity contribution in [3.05, 3.63) is 0 Å². The van der Waals surface area contributed by atoms with Crippen LogP contribution < -0.4 is 0 Å². The first-order valence-corrected chi connectivity index (χ1v) is 14.6. The summed E-state index contributed by atoms with van der Waals surface area (Å²) in [5, 5.41) is 0. The third-order valence-corrected chi connectivity index (χ3v) is 21.2. The highest BCUT2D eigenvalue weighted by atomic mass is 35.6. The Morgan fingerprint density at radius 1 is 0.579 bits per heavy atom. The Labute approximate surface area is 133 Å². The van der Waals surface area contributed by atoms with Crippen molar-refractivity contribution < 1.29 is 0 Å². The second-order valence-electron chi connectivity index (χ2n) is 7.33. The normalized spacial score (nSPS) is 14.2. The van der Waals surface area contributed by atoms with Gasteiger partial charge < -0.3 is 0 Å². The van der Waals surface area contributed by atoms with Crippen molar-refractivity contribution in [1.29, 1.82) is 0 Å². The summed E-state index contributed by atoms with van der Waals surface area (Å²) in [5.74, 6) is 0. The van der Waals surface area contributed by atoms with Gasteiger partial charge in [0.2, 0.25) is 0 Å². The first-order valence-electron chi connectivity index (χ1n) is 7.86. The average molecular weight is 342 g/mol. The monoisotopic (exact) mass is 340 g/mol. The van der Waals surface area contributed by atoms with Crippen LogP contribution in [0.15, 0.2) is 0 Å². The molecule has 0 aliphatic heterocycles. The first kappa shape index (κ1) is 20.0. The zero-order valence-corrected chi connectivity index (χ0v) is 17.7. The molecule has 0 amide bonds. The highest BCUT2D eigenvalue weighted by Gasteiger charge is 2.41. The first-order chi connectivity index (χ1) is 8.48. The predicted octanol–water partition coefficient (Wildman–Crippen LogP) is 7.39. The molecule has 0 radical (unpaired) electrons. The lowest BCUT2D eigenvalue weighted by molar-refractivity contribution is 0.849. The molecular formula is C15H34Cl2Si2. The van der Waals surface area contributed by atoms with Crippen LogP contribution in [-0.4, -0.2) is 14.8 Å². The molecule has 4 heteroatoms. The molecule has 0 nitrogen and oxygen atoms in total. The van der Waals surface area contributed by atoms with Gasteiger partial charge in [-0.1, -0.05) is 61.8 Å². The van der Waals surface area contributed by atoms with Crippen molar-refractivity contribution in [3.8, 4) is 0 Å². The van der Waals surface area contributed by atoms with E-state index < -0.39 is 14.8 Å². The van der Waals surface area contributed by atoms with Gasteiger partial charge in [-0.25, -0.2) is 0 Å². The van der Waals surface area contributed by atoms with E-state index in [9.17, 15) is 0 Å². The van der Waals surface area contributed by atoms with Crippen LogP contribution in [0.2, 0.25) is 34.3 Å². The highest BCUT2D eigenvalue weighted by molar-refractivity contribution is 7.22. The Hall–Kier alpha value is 1.01. The van der Waals surface area contributed by atoms with E-state index in [0.29, 0.717) is 22.2 Å². The smallest absolute Gasteiger partial charge is 0.161 e. The maximum atomic E-state index is 7.01. The number of hydrogen-bond donors (Lipinski definition) is 0. The van der Waals surface area contributed by atoms with Crippen LogP contribution in [0.4, 0.5) is 0 Å². The minimum atomic E-state index is -1.64. The van der Waals surface area contributed by atoms with Crippen molar-refractivity contribution in [1.82, 2.24) is 0 Å². The van der Waals surface area contributed by atoms with E-state index >= 15 is 0 Å². The van der Waals surface area contributed by atoms with Crippen molar-refractivity contribution in [2.45, 2.75) is 96.1 Å². The van der Waals surface area contributed by atoms with Gasteiger partial charge in [-0.2, -0.15) is 22.2 Å².